The van der Waals surface area contributed by atoms with Crippen molar-refractivity contribution in [3.8, 4) is 0 Å². The molecule has 0 radical (unpaired) electrons. The molecule has 4 aromatic rings. The van der Waals surface area contributed by atoms with E-state index in [0.29, 0.717) is 35.6 Å². The molecule has 1 fully saturated rings. The van der Waals surface area contributed by atoms with Crippen molar-refractivity contribution in [2.45, 2.75) is 32.1 Å². The van der Waals surface area contributed by atoms with Crippen LogP contribution >= 0.6 is 22.7 Å². The Kier molecular flexibility index (Phi) is 5.72. The average molecular weight is 501 g/mol. The van der Waals surface area contributed by atoms with Crippen LogP contribution in [0.3, 0.4) is 0 Å². The van der Waals surface area contributed by atoms with Crippen molar-refractivity contribution in [1.82, 2.24) is 14.3 Å². The van der Waals surface area contributed by atoms with Crippen LogP contribution in [-0.2, 0) is 10.0 Å². The second-order valence-corrected chi connectivity index (χ2v) is 12.9. The Morgan fingerprint density at radius 3 is 2.24 bits per heavy atom. The van der Waals surface area contributed by atoms with Crippen LogP contribution in [0.25, 0.3) is 20.4 Å². The zero-order valence-corrected chi connectivity index (χ0v) is 21.0. The van der Waals surface area contributed by atoms with Gasteiger partial charge in [0, 0.05) is 18.7 Å². The number of anilines is 1. The lowest BCUT2D eigenvalue weighted by Gasteiger charge is -2.34. The van der Waals surface area contributed by atoms with E-state index in [9.17, 15) is 13.2 Å². The summed E-state index contributed by atoms with van der Waals surface area (Å²) in [5.74, 6) is 0.338. The van der Waals surface area contributed by atoms with Crippen LogP contribution in [-0.4, -0.2) is 41.7 Å². The Morgan fingerprint density at radius 2 is 1.58 bits per heavy atom. The fourth-order valence-corrected chi connectivity index (χ4v) is 8.12. The molecule has 172 valence electrons. The summed E-state index contributed by atoms with van der Waals surface area (Å²) in [4.78, 5) is 22.0. The molecule has 3 heterocycles. The minimum absolute atomic E-state index is 0.211. The molecule has 1 N–H and O–H groups in total. The van der Waals surface area contributed by atoms with E-state index in [0.717, 1.165) is 31.9 Å². The predicted molar refractivity (Wildman–Crippen MR) is 134 cm³/mol. The summed E-state index contributed by atoms with van der Waals surface area (Å²) in [7, 11) is -3.58. The van der Waals surface area contributed by atoms with Gasteiger partial charge in [0.1, 0.15) is 0 Å². The lowest BCUT2D eigenvalue weighted by atomic mass is 9.94. The molecule has 1 aliphatic heterocycles. The van der Waals surface area contributed by atoms with E-state index in [-0.39, 0.29) is 10.8 Å². The Balaban J connectivity index is 1.35. The number of thiazole rings is 2. The van der Waals surface area contributed by atoms with Gasteiger partial charge in [-0.2, -0.15) is 4.31 Å². The summed E-state index contributed by atoms with van der Waals surface area (Å²) in [5.41, 5.74) is 2.13. The number of carbonyl (C=O) groups is 1. The Bertz CT molecular complexity index is 1450. The topological polar surface area (TPSA) is 92.3 Å². The molecule has 1 amide bonds. The number of carbonyl (C=O) groups excluding carboxylic acids is 1. The van der Waals surface area contributed by atoms with Crippen molar-refractivity contribution >= 4 is 64.2 Å². The van der Waals surface area contributed by atoms with Crippen molar-refractivity contribution in [3.05, 3.63) is 47.0 Å². The van der Waals surface area contributed by atoms with Crippen LogP contribution in [0.2, 0.25) is 0 Å². The first kappa shape index (κ1) is 22.4. The fraction of sp³-hybridized carbons (Fsp3) is 0.348. The van der Waals surface area contributed by atoms with Crippen LogP contribution in [0.1, 0.15) is 35.6 Å². The number of aromatic nitrogens is 2. The third-order valence-electron chi connectivity index (χ3n) is 5.83. The number of hydrogen-bond donors (Lipinski definition) is 1. The Labute approximate surface area is 200 Å². The van der Waals surface area contributed by atoms with Crippen LogP contribution in [0, 0.1) is 18.8 Å². The molecule has 2 aromatic carbocycles. The quantitative estimate of drug-likeness (QED) is 0.419. The number of sulfonamides is 1. The van der Waals surface area contributed by atoms with Gasteiger partial charge in [-0.1, -0.05) is 25.2 Å². The summed E-state index contributed by atoms with van der Waals surface area (Å²) < 4.78 is 29.8. The van der Waals surface area contributed by atoms with Crippen molar-refractivity contribution in [1.29, 1.82) is 0 Å². The second kappa shape index (κ2) is 8.43. The van der Waals surface area contributed by atoms with Gasteiger partial charge in [-0.3, -0.25) is 10.1 Å². The van der Waals surface area contributed by atoms with Gasteiger partial charge in [0.05, 0.1) is 30.3 Å². The van der Waals surface area contributed by atoms with Crippen molar-refractivity contribution in [3.63, 3.8) is 0 Å². The first-order valence-corrected chi connectivity index (χ1v) is 13.9. The Morgan fingerprint density at radius 1 is 0.970 bits per heavy atom. The van der Waals surface area contributed by atoms with Crippen LogP contribution in [0.5, 0.6) is 0 Å². The summed E-state index contributed by atoms with van der Waals surface area (Å²) in [6.45, 7) is 7.18. The second-order valence-electron chi connectivity index (χ2n) is 8.76. The minimum Gasteiger partial charge on any atom is -0.298 e. The number of benzene rings is 2. The zero-order chi connectivity index (χ0) is 23.3. The normalized spacial score (nSPS) is 19.8. The highest BCUT2D eigenvalue weighted by Crippen LogP contribution is 2.36. The lowest BCUT2D eigenvalue weighted by Crippen LogP contribution is -2.42. The van der Waals surface area contributed by atoms with Gasteiger partial charge in [0.2, 0.25) is 10.0 Å². The molecule has 33 heavy (non-hydrogen) atoms. The van der Waals surface area contributed by atoms with Gasteiger partial charge in [0.15, 0.2) is 5.13 Å². The van der Waals surface area contributed by atoms with Gasteiger partial charge in [-0.05, 0) is 61.6 Å². The highest BCUT2D eigenvalue weighted by molar-refractivity contribution is 7.89. The predicted octanol–water partition coefficient (Wildman–Crippen LogP) is 5.13. The number of aryl methyl sites for hydroxylation is 1. The summed E-state index contributed by atoms with van der Waals surface area (Å²) in [6, 6.07) is 9.97. The van der Waals surface area contributed by atoms with Gasteiger partial charge in [0.25, 0.3) is 5.91 Å². The number of nitrogens with one attached hydrogen (secondary N) is 1. The van der Waals surface area contributed by atoms with E-state index in [2.05, 4.69) is 29.1 Å². The maximum absolute atomic E-state index is 13.1. The molecule has 0 spiro atoms. The third-order valence-corrected chi connectivity index (χ3v) is 9.81. The van der Waals surface area contributed by atoms with E-state index in [1.54, 1.807) is 27.8 Å². The van der Waals surface area contributed by atoms with Crippen molar-refractivity contribution in [2.75, 3.05) is 18.4 Å². The molecule has 2 atom stereocenters. The molecule has 1 aliphatic rings. The number of hydrogen-bond acceptors (Lipinski definition) is 7. The SMILES string of the molecule is Cc1nc2ccc3nc(NC(=O)c4ccc(S(=O)(=O)N5C[C@H](C)C[C@H](C)C5)cc4)sc3c2s1. The largest absolute Gasteiger partial charge is 0.298 e. The van der Waals surface area contributed by atoms with E-state index in [1.165, 1.54) is 23.5 Å². The monoisotopic (exact) mass is 500 g/mol. The zero-order valence-electron chi connectivity index (χ0n) is 18.5. The first-order chi connectivity index (χ1) is 15.7. The third kappa shape index (κ3) is 4.28. The maximum Gasteiger partial charge on any atom is 0.257 e. The number of nitrogens with zero attached hydrogens (tertiary/aromatic N) is 3. The number of rotatable bonds is 4. The van der Waals surface area contributed by atoms with Crippen molar-refractivity contribution in [2.24, 2.45) is 11.8 Å². The molecule has 0 unspecified atom stereocenters. The first-order valence-electron chi connectivity index (χ1n) is 10.8. The fourth-order valence-electron chi connectivity index (χ4n) is 4.44. The minimum atomic E-state index is -3.58. The standard InChI is InChI=1S/C23H24N4O3S3/c1-13-10-14(2)12-27(11-13)33(29,30)17-6-4-16(5-7-17)22(28)26-23-25-19-9-8-18-20(21(19)32-23)31-15(3)24-18/h4-9,13-14H,10-12H2,1-3H3,(H,25,26,28)/t13-,14+. The van der Waals surface area contributed by atoms with Crippen LogP contribution in [0.15, 0.2) is 41.3 Å². The molecule has 1 saturated heterocycles. The Hall–Kier alpha value is -2.40. The maximum atomic E-state index is 13.1. The van der Waals surface area contributed by atoms with E-state index >= 15 is 0 Å². The molecule has 0 bridgehead atoms. The average Bonchev–Trinajstić information content (AvgIpc) is 3.35. The molecule has 2 aromatic heterocycles. The van der Waals surface area contributed by atoms with Gasteiger partial charge in [-0.15, -0.1) is 11.3 Å². The summed E-state index contributed by atoms with van der Waals surface area (Å²) in [6.07, 6.45) is 1.03. The van der Waals surface area contributed by atoms with Gasteiger partial charge >= 0.3 is 0 Å². The number of piperidine rings is 1. The summed E-state index contributed by atoms with van der Waals surface area (Å²) >= 11 is 3.03. The van der Waals surface area contributed by atoms with Crippen LogP contribution < -0.4 is 5.32 Å². The van der Waals surface area contributed by atoms with E-state index in [4.69, 9.17) is 0 Å². The molecule has 0 saturated carbocycles. The van der Waals surface area contributed by atoms with Gasteiger partial charge < -0.3 is 0 Å². The lowest BCUT2D eigenvalue weighted by molar-refractivity contribution is 0.102. The van der Waals surface area contributed by atoms with E-state index in [1.807, 2.05) is 19.1 Å². The summed E-state index contributed by atoms with van der Waals surface area (Å²) in [5, 5.41) is 4.33. The van der Waals surface area contributed by atoms with Crippen molar-refractivity contribution < 1.29 is 13.2 Å². The molecule has 7 nitrogen and oxygen atoms in total. The number of fused-ring (bicyclic) bond motifs is 3. The molecular weight excluding hydrogens is 476 g/mol. The van der Waals surface area contributed by atoms with Gasteiger partial charge in [-0.25, -0.2) is 18.4 Å². The molecule has 10 heteroatoms. The highest BCUT2D eigenvalue weighted by atomic mass is 32.2. The van der Waals surface area contributed by atoms with E-state index < -0.39 is 10.0 Å². The smallest absolute Gasteiger partial charge is 0.257 e. The molecule has 5 rings (SSSR count). The highest BCUT2D eigenvalue weighted by Gasteiger charge is 2.31. The van der Waals surface area contributed by atoms with Crippen LogP contribution in [0.4, 0.5) is 5.13 Å². The molecular formula is C23H24N4O3S3. The molecule has 0 aliphatic carbocycles. The number of amides is 1.